The van der Waals surface area contributed by atoms with Crippen LogP contribution in [0.25, 0.3) is 0 Å². The number of nitrogen functional groups attached to an aromatic ring is 2. The SMILES string of the molecule is CN(c1ccc(OCC(=O)OCc2nc(N)nc(N)n2)cc1)S(=O)(=O)c1cccs1. The predicted molar refractivity (Wildman–Crippen MR) is 110 cm³/mol. The molecule has 2 aromatic heterocycles. The van der Waals surface area contributed by atoms with Crippen LogP contribution in [0, 0.1) is 0 Å². The molecule has 0 radical (unpaired) electrons. The average molecular weight is 451 g/mol. The van der Waals surface area contributed by atoms with Gasteiger partial charge < -0.3 is 20.9 Å². The normalized spacial score (nSPS) is 11.1. The summed E-state index contributed by atoms with van der Waals surface area (Å²) in [4.78, 5) is 23.0. The lowest BCUT2D eigenvalue weighted by Crippen LogP contribution is -2.25. The molecule has 0 saturated carbocycles. The minimum Gasteiger partial charge on any atom is -0.482 e. The largest absolute Gasteiger partial charge is 0.482 e. The van der Waals surface area contributed by atoms with E-state index >= 15 is 0 Å². The predicted octanol–water partition coefficient (Wildman–Crippen LogP) is 1.04. The number of ether oxygens (including phenoxy) is 2. The highest BCUT2D eigenvalue weighted by atomic mass is 32.2. The van der Waals surface area contributed by atoms with Crippen LogP contribution in [0.15, 0.2) is 46.0 Å². The van der Waals surface area contributed by atoms with Crippen LogP contribution in [0.4, 0.5) is 17.6 Å². The van der Waals surface area contributed by atoms with Crippen LogP contribution in [-0.4, -0.2) is 43.0 Å². The van der Waals surface area contributed by atoms with Gasteiger partial charge >= 0.3 is 5.97 Å². The quantitative estimate of drug-likeness (QED) is 0.474. The Morgan fingerprint density at radius 2 is 1.77 bits per heavy atom. The van der Waals surface area contributed by atoms with Gasteiger partial charge in [0, 0.05) is 7.05 Å². The number of esters is 1. The molecule has 3 aromatic rings. The lowest BCUT2D eigenvalue weighted by atomic mass is 10.3. The van der Waals surface area contributed by atoms with E-state index < -0.39 is 16.0 Å². The van der Waals surface area contributed by atoms with Gasteiger partial charge in [-0.25, -0.2) is 13.2 Å². The van der Waals surface area contributed by atoms with E-state index in [-0.39, 0.29) is 35.1 Å². The fourth-order valence-corrected chi connectivity index (χ4v) is 4.64. The number of rotatable bonds is 8. The molecule has 30 heavy (non-hydrogen) atoms. The number of anilines is 3. The number of carbonyl (C=O) groups is 1. The van der Waals surface area contributed by atoms with Gasteiger partial charge in [0.1, 0.15) is 9.96 Å². The third-order valence-electron chi connectivity index (χ3n) is 3.75. The first kappa shape index (κ1) is 21.3. The first-order valence-corrected chi connectivity index (χ1v) is 10.7. The van der Waals surface area contributed by atoms with E-state index in [0.717, 1.165) is 11.3 Å². The molecule has 158 valence electrons. The molecule has 0 spiro atoms. The van der Waals surface area contributed by atoms with Crippen LogP contribution in [0.1, 0.15) is 5.82 Å². The van der Waals surface area contributed by atoms with Gasteiger partial charge in [0.25, 0.3) is 10.0 Å². The summed E-state index contributed by atoms with van der Waals surface area (Å²) in [6.07, 6.45) is 0. The Hall–Kier alpha value is -3.45. The Morgan fingerprint density at radius 1 is 1.10 bits per heavy atom. The van der Waals surface area contributed by atoms with Gasteiger partial charge in [-0.05, 0) is 35.7 Å². The minimum absolute atomic E-state index is 0.0732. The maximum absolute atomic E-state index is 12.5. The fraction of sp³-hybridized carbons (Fsp3) is 0.176. The molecule has 2 heterocycles. The Bertz CT molecular complexity index is 1100. The van der Waals surface area contributed by atoms with Gasteiger partial charge in [-0.2, -0.15) is 15.0 Å². The second kappa shape index (κ2) is 8.92. The van der Waals surface area contributed by atoms with Gasteiger partial charge in [-0.15, -0.1) is 11.3 Å². The summed E-state index contributed by atoms with van der Waals surface area (Å²) in [5, 5.41) is 1.70. The smallest absolute Gasteiger partial charge is 0.344 e. The molecule has 0 fully saturated rings. The lowest BCUT2D eigenvalue weighted by Gasteiger charge is -2.18. The van der Waals surface area contributed by atoms with Crippen LogP contribution in [-0.2, 0) is 26.2 Å². The first-order valence-electron chi connectivity index (χ1n) is 8.42. The summed E-state index contributed by atoms with van der Waals surface area (Å²) < 4.78 is 36.8. The van der Waals surface area contributed by atoms with Crippen LogP contribution in [0.5, 0.6) is 5.75 Å². The number of thiophene rings is 1. The highest BCUT2D eigenvalue weighted by molar-refractivity contribution is 7.94. The molecule has 3 rings (SSSR count). The molecule has 0 aliphatic rings. The summed E-state index contributed by atoms with van der Waals surface area (Å²) in [6, 6.07) is 9.46. The molecule has 0 atom stereocenters. The van der Waals surface area contributed by atoms with Crippen molar-refractivity contribution in [1.29, 1.82) is 0 Å². The molecular weight excluding hydrogens is 432 g/mol. The van der Waals surface area contributed by atoms with Crippen molar-refractivity contribution in [2.75, 3.05) is 29.4 Å². The standard InChI is InChI=1S/C17H18N6O5S2/c1-23(30(25,26)15-3-2-8-29-15)11-4-6-12(7-5-11)27-10-14(24)28-9-13-20-16(18)22-17(19)21-13/h2-8H,9-10H2,1H3,(H4,18,19,20,21,22). The molecule has 0 bridgehead atoms. The summed E-state index contributed by atoms with van der Waals surface area (Å²) in [5.74, 6) is -0.320. The van der Waals surface area contributed by atoms with Crippen molar-refractivity contribution in [3.8, 4) is 5.75 Å². The maximum Gasteiger partial charge on any atom is 0.344 e. The van der Waals surface area contributed by atoms with Crippen molar-refractivity contribution in [3.05, 3.63) is 47.6 Å². The maximum atomic E-state index is 12.5. The van der Waals surface area contributed by atoms with Crippen LogP contribution in [0.2, 0.25) is 0 Å². The summed E-state index contributed by atoms with van der Waals surface area (Å²) in [5.41, 5.74) is 11.3. The van der Waals surface area contributed by atoms with E-state index in [1.54, 1.807) is 41.8 Å². The second-order valence-corrected chi connectivity index (χ2v) is 8.96. The van der Waals surface area contributed by atoms with Crippen molar-refractivity contribution < 1.29 is 22.7 Å². The summed E-state index contributed by atoms with van der Waals surface area (Å²) >= 11 is 1.14. The Balaban J connectivity index is 1.53. The molecule has 0 aliphatic heterocycles. The number of nitrogens with two attached hydrogens (primary N) is 2. The van der Waals surface area contributed by atoms with Gasteiger partial charge in [0.05, 0.1) is 5.69 Å². The molecule has 0 amide bonds. The highest BCUT2D eigenvalue weighted by Gasteiger charge is 2.22. The Kier molecular flexibility index (Phi) is 6.32. The van der Waals surface area contributed by atoms with E-state index in [2.05, 4.69) is 15.0 Å². The highest BCUT2D eigenvalue weighted by Crippen LogP contribution is 2.26. The second-order valence-electron chi connectivity index (χ2n) is 5.82. The van der Waals surface area contributed by atoms with Crippen LogP contribution < -0.4 is 20.5 Å². The van der Waals surface area contributed by atoms with Gasteiger partial charge in [-0.3, -0.25) is 4.31 Å². The molecular formula is C17H18N6O5S2. The topological polar surface area (TPSA) is 164 Å². The summed E-state index contributed by atoms with van der Waals surface area (Å²) in [7, 11) is -2.16. The van der Waals surface area contributed by atoms with Crippen molar-refractivity contribution in [3.63, 3.8) is 0 Å². The molecule has 4 N–H and O–H groups in total. The van der Waals surface area contributed by atoms with Crippen molar-refractivity contribution in [1.82, 2.24) is 15.0 Å². The number of hydrogen-bond acceptors (Lipinski definition) is 11. The fourth-order valence-electron chi connectivity index (χ4n) is 2.29. The van der Waals surface area contributed by atoms with Crippen LogP contribution in [0.3, 0.4) is 0 Å². The number of benzene rings is 1. The number of hydrogen-bond donors (Lipinski definition) is 2. The van der Waals surface area contributed by atoms with Crippen molar-refractivity contribution in [2.45, 2.75) is 10.8 Å². The molecule has 1 aromatic carbocycles. The number of carbonyl (C=O) groups excluding carboxylic acids is 1. The molecule has 0 aliphatic carbocycles. The molecule has 0 unspecified atom stereocenters. The van der Waals surface area contributed by atoms with Crippen LogP contribution >= 0.6 is 11.3 Å². The molecule has 11 nitrogen and oxygen atoms in total. The van der Waals surface area contributed by atoms with E-state index in [9.17, 15) is 13.2 Å². The van der Waals surface area contributed by atoms with Gasteiger partial charge in [-0.1, -0.05) is 6.07 Å². The third-order valence-corrected chi connectivity index (χ3v) is 6.90. The Labute approximate surface area is 176 Å². The zero-order chi connectivity index (χ0) is 21.7. The van der Waals surface area contributed by atoms with E-state index in [1.807, 2.05) is 0 Å². The number of aromatic nitrogens is 3. The zero-order valence-electron chi connectivity index (χ0n) is 15.8. The third kappa shape index (κ3) is 5.12. The van der Waals surface area contributed by atoms with E-state index in [1.165, 1.54) is 11.4 Å². The van der Waals surface area contributed by atoms with Gasteiger partial charge in [0.2, 0.25) is 11.9 Å². The van der Waals surface area contributed by atoms with Gasteiger partial charge in [0.15, 0.2) is 19.0 Å². The summed E-state index contributed by atoms with van der Waals surface area (Å²) in [6.45, 7) is -0.595. The Morgan fingerprint density at radius 3 is 2.37 bits per heavy atom. The van der Waals surface area contributed by atoms with Crippen molar-refractivity contribution >= 4 is 44.9 Å². The minimum atomic E-state index is -3.62. The monoisotopic (exact) mass is 450 g/mol. The lowest BCUT2D eigenvalue weighted by molar-refractivity contribution is -0.147. The van der Waals surface area contributed by atoms with E-state index in [4.69, 9.17) is 20.9 Å². The first-order chi connectivity index (χ1) is 14.3. The number of sulfonamides is 1. The molecule has 13 heteroatoms. The van der Waals surface area contributed by atoms with E-state index in [0.29, 0.717) is 11.4 Å². The molecule has 0 saturated heterocycles. The zero-order valence-corrected chi connectivity index (χ0v) is 17.4. The number of nitrogens with zero attached hydrogens (tertiary/aromatic N) is 4. The van der Waals surface area contributed by atoms with Crippen molar-refractivity contribution in [2.24, 2.45) is 0 Å². The average Bonchev–Trinajstić information content (AvgIpc) is 3.25.